The van der Waals surface area contributed by atoms with Gasteiger partial charge in [0.05, 0.1) is 11.7 Å². The number of allylic oxidation sites excluding steroid dienone is 1. The van der Waals surface area contributed by atoms with Crippen molar-refractivity contribution in [2.45, 2.75) is 12.5 Å². The Labute approximate surface area is 317 Å². The smallest absolute Gasteiger partial charge is 0.0782 e. The Hall–Kier alpha value is -6.90. The fourth-order valence-corrected chi connectivity index (χ4v) is 8.43. The molecule has 2 aliphatic rings. The molecular formula is C52H38N2. The summed E-state index contributed by atoms with van der Waals surface area (Å²) in [7, 11) is 0. The zero-order chi connectivity index (χ0) is 35.8. The second-order valence-corrected chi connectivity index (χ2v) is 14.1. The zero-order valence-electron chi connectivity index (χ0n) is 29.9. The predicted molar refractivity (Wildman–Crippen MR) is 229 cm³/mol. The van der Waals surface area contributed by atoms with Crippen LogP contribution < -0.4 is 9.80 Å². The Morgan fingerprint density at radius 2 is 1.00 bits per heavy atom. The highest BCUT2D eigenvalue weighted by Crippen LogP contribution is 2.48. The van der Waals surface area contributed by atoms with Gasteiger partial charge in [-0.15, -0.1) is 0 Å². The number of hydrogen-bond donors (Lipinski definition) is 0. The van der Waals surface area contributed by atoms with Crippen molar-refractivity contribution in [3.05, 3.63) is 223 Å². The molecule has 2 aliphatic carbocycles. The molecule has 0 spiro atoms. The molecule has 1 unspecified atom stereocenters. The summed E-state index contributed by atoms with van der Waals surface area (Å²) in [6.07, 6.45) is 8.09. The van der Waals surface area contributed by atoms with Gasteiger partial charge in [-0.05, 0) is 111 Å². The van der Waals surface area contributed by atoms with Crippen molar-refractivity contribution >= 4 is 50.9 Å². The first-order valence-electron chi connectivity index (χ1n) is 18.8. The lowest BCUT2D eigenvalue weighted by Gasteiger charge is -2.38. The molecule has 0 radical (unpaired) electrons. The van der Waals surface area contributed by atoms with Crippen molar-refractivity contribution in [1.29, 1.82) is 0 Å². The number of hydrogen-bond acceptors (Lipinski definition) is 2. The molecule has 54 heavy (non-hydrogen) atoms. The lowest BCUT2D eigenvalue weighted by molar-refractivity contribution is 0.950. The molecule has 8 aromatic rings. The molecule has 0 saturated carbocycles. The van der Waals surface area contributed by atoms with Gasteiger partial charge < -0.3 is 9.80 Å². The van der Waals surface area contributed by atoms with Gasteiger partial charge in [-0.1, -0.05) is 158 Å². The maximum atomic E-state index is 2.51. The Morgan fingerprint density at radius 3 is 1.67 bits per heavy atom. The number of para-hydroxylation sites is 2. The average molecular weight is 691 g/mol. The van der Waals surface area contributed by atoms with E-state index in [1.807, 2.05) is 0 Å². The van der Waals surface area contributed by atoms with E-state index in [9.17, 15) is 0 Å². The summed E-state index contributed by atoms with van der Waals surface area (Å²) in [4.78, 5) is 4.94. The van der Waals surface area contributed by atoms with Crippen LogP contribution in [0.15, 0.2) is 206 Å². The molecule has 0 aliphatic heterocycles. The molecule has 0 bridgehead atoms. The first kappa shape index (κ1) is 31.8. The van der Waals surface area contributed by atoms with E-state index >= 15 is 0 Å². The van der Waals surface area contributed by atoms with Crippen LogP contribution in [-0.4, -0.2) is 6.04 Å². The molecule has 0 aromatic heterocycles. The summed E-state index contributed by atoms with van der Waals surface area (Å²) in [5, 5.41) is 2.61. The largest absolute Gasteiger partial charge is 0.330 e. The van der Waals surface area contributed by atoms with Gasteiger partial charge in [0, 0.05) is 28.1 Å². The van der Waals surface area contributed by atoms with Crippen molar-refractivity contribution in [3.63, 3.8) is 0 Å². The van der Waals surface area contributed by atoms with Crippen molar-refractivity contribution in [2.24, 2.45) is 0 Å². The van der Waals surface area contributed by atoms with E-state index in [1.165, 1.54) is 72.4 Å². The van der Waals surface area contributed by atoms with Crippen molar-refractivity contribution < 1.29 is 0 Å². The Kier molecular flexibility index (Phi) is 8.00. The average Bonchev–Trinajstić information content (AvgIpc) is 3.25. The second kappa shape index (κ2) is 13.6. The van der Waals surface area contributed by atoms with Gasteiger partial charge in [0.25, 0.3) is 0 Å². The summed E-state index contributed by atoms with van der Waals surface area (Å²) in [6, 6.07) is 70.2. The monoisotopic (exact) mass is 690 g/mol. The Morgan fingerprint density at radius 1 is 0.444 bits per heavy atom. The normalized spacial score (nSPS) is 14.1. The molecule has 8 aromatic carbocycles. The van der Waals surface area contributed by atoms with Gasteiger partial charge in [-0.2, -0.15) is 0 Å². The van der Waals surface area contributed by atoms with Crippen molar-refractivity contribution in [3.8, 4) is 22.3 Å². The summed E-state index contributed by atoms with van der Waals surface area (Å²) in [5.41, 5.74) is 15.9. The third kappa shape index (κ3) is 5.60. The SMILES string of the molecule is C1=CC(N(c2ccccc2)c2cccc(-c3ccccc3)c2)C2=CCc3ccc(N(c4ccccc4)c4cccc(-c5ccccc5)c4)c4ccc1c2c34. The highest BCUT2D eigenvalue weighted by molar-refractivity contribution is 6.10. The van der Waals surface area contributed by atoms with E-state index < -0.39 is 0 Å². The lowest BCUT2D eigenvalue weighted by atomic mass is 9.78. The number of nitrogens with zero attached hydrogens (tertiary/aromatic N) is 2. The van der Waals surface area contributed by atoms with Gasteiger partial charge in [0.1, 0.15) is 0 Å². The molecule has 256 valence electrons. The summed E-state index contributed by atoms with van der Waals surface area (Å²) in [5.74, 6) is 0. The molecule has 0 heterocycles. The minimum atomic E-state index is 0.0149. The first-order valence-corrected chi connectivity index (χ1v) is 18.8. The van der Waals surface area contributed by atoms with Crippen LogP contribution in [0.25, 0.3) is 44.7 Å². The number of anilines is 5. The van der Waals surface area contributed by atoms with Crippen LogP contribution in [-0.2, 0) is 6.42 Å². The van der Waals surface area contributed by atoms with E-state index in [0.717, 1.165) is 17.8 Å². The summed E-state index contributed by atoms with van der Waals surface area (Å²) >= 11 is 0. The molecule has 10 rings (SSSR count). The molecule has 0 fully saturated rings. The maximum Gasteiger partial charge on any atom is 0.0782 e. The van der Waals surface area contributed by atoms with Crippen molar-refractivity contribution in [2.75, 3.05) is 9.80 Å². The molecular weight excluding hydrogens is 653 g/mol. The topological polar surface area (TPSA) is 6.48 Å². The van der Waals surface area contributed by atoms with Crippen molar-refractivity contribution in [1.82, 2.24) is 0 Å². The van der Waals surface area contributed by atoms with Crippen LogP contribution >= 0.6 is 0 Å². The fourth-order valence-electron chi connectivity index (χ4n) is 8.43. The van der Waals surface area contributed by atoms with Gasteiger partial charge in [0.2, 0.25) is 0 Å². The minimum absolute atomic E-state index is 0.0149. The van der Waals surface area contributed by atoms with Crippen LogP contribution in [0, 0.1) is 0 Å². The maximum absolute atomic E-state index is 2.51. The highest BCUT2D eigenvalue weighted by atomic mass is 15.2. The van der Waals surface area contributed by atoms with Crippen LogP contribution in [0.4, 0.5) is 28.4 Å². The third-order valence-corrected chi connectivity index (χ3v) is 10.9. The van der Waals surface area contributed by atoms with E-state index in [0.29, 0.717) is 0 Å². The fraction of sp³-hybridized carbons (Fsp3) is 0.0385. The Bertz CT molecular complexity index is 2680. The Balaban J connectivity index is 1.13. The molecule has 2 heteroatoms. The summed E-state index contributed by atoms with van der Waals surface area (Å²) in [6.45, 7) is 0. The van der Waals surface area contributed by atoms with Crippen LogP contribution in [0.2, 0.25) is 0 Å². The van der Waals surface area contributed by atoms with E-state index in [2.05, 4.69) is 222 Å². The minimum Gasteiger partial charge on any atom is -0.330 e. The molecule has 0 saturated heterocycles. The standard InChI is InChI=1S/C52H38N2/c1-5-15-37(16-6-1)41-19-13-25-45(35-41)53(43-21-9-3-10-22-43)49-33-29-39-28-32-48-50(34-30-40-27-31-47(49)51(39)52(40)48)54(44-23-11-4-12-24-44)46-26-14-20-42(36-46)38-17-7-2-8-18-38/h1-27,29-36,50H,28H2. The first-order chi connectivity index (χ1) is 26.8. The number of rotatable bonds is 8. The van der Waals surface area contributed by atoms with E-state index in [4.69, 9.17) is 0 Å². The predicted octanol–water partition coefficient (Wildman–Crippen LogP) is 13.8. The zero-order valence-corrected chi connectivity index (χ0v) is 29.9. The lowest BCUT2D eigenvalue weighted by Crippen LogP contribution is -2.33. The van der Waals surface area contributed by atoms with Gasteiger partial charge >= 0.3 is 0 Å². The second-order valence-electron chi connectivity index (χ2n) is 14.1. The van der Waals surface area contributed by atoms with Gasteiger partial charge in [0.15, 0.2) is 0 Å². The van der Waals surface area contributed by atoms with E-state index in [1.54, 1.807) is 0 Å². The molecule has 1 atom stereocenters. The van der Waals surface area contributed by atoms with Gasteiger partial charge in [-0.3, -0.25) is 0 Å². The molecule has 0 N–H and O–H groups in total. The van der Waals surface area contributed by atoms with Crippen LogP contribution in [0.1, 0.15) is 16.7 Å². The van der Waals surface area contributed by atoms with Gasteiger partial charge in [-0.25, -0.2) is 0 Å². The molecule has 2 nitrogen and oxygen atoms in total. The van der Waals surface area contributed by atoms with Crippen LogP contribution in [0.5, 0.6) is 0 Å². The third-order valence-electron chi connectivity index (χ3n) is 10.9. The van der Waals surface area contributed by atoms with E-state index in [-0.39, 0.29) is 6.04 Å². The highest BCUT2D eigenvalue weighted by Gasteiger charge is 2.32. The quantitative estimate of drug-likeness (QED) is 0.157. The van der Waals surface area contributed by atoms with Crippen LogP contribution in [0.3, 0.4) is 0 Å². The molecule has 0 amide bonds. The number of benzene rings is 8. The summed E-state index contributed by atoms with van der Waals surface area (Å²) < 4.78 is 0.